The van der Waals surface area contributed by atoms with Crippen LogP contribution in [0.1, 0.15) is 48.9 Å². The number of pyridine rings is 1. The molecule has 0 fully saturated rings. The molecule has 13 heteroatoms. The van der Waals surface area contributed by atoms with Gasteiger partial charge in [0.2, 0.25) is 0 Å². The lowest BCUT2D eigenvalue weighted by Gasteiger charge is -2.22. The van der Waals surface area contributed by atoms with E-state index < -0.39 is 21.2 Å². The van der Waals surface area contributed by atoms with Crippen molar-refractivity contribution in [1.29, 1.82) is 0 Å². The third-order valence-corrected chi connectivity index (χ3v) is 8.19. The van der Waals surface area contributed by atoms with Gasteiger partial charge < -0.3 is 9.30 Å². The Morgan fingerprint density at radius 1 is 1.11 bits per heavy atom. The fourth-order valence-electron chi connectivity index (χ4n) is 3.95. The Kier molecular flexibility index (Phi) is 7.48. The number of nitrogens with zero attached hydrogens (tertiary/aromatic N) is 8. The van der Waals surface area contributed by atoms with Crippen LogP contribution in [0.2, 0.25) is 5.02 Å². The molecule has 0 saturated carbocycles. The van der Waals surface area contributed by atoms with Crippen molar-refractivity contribution in [2.45, 2.75) is 43.9 Å². The van der Waals surface area contributed by atoms with Crippen molar-refractivity contribution >= 4 is 21.4 Å². The number of halogens is 1. The van der Waals surface area contributed by atoms with Crippen molar-refractivity contribution in [2.24, 2.45) is 7.05 Å². The van der Waals surface area contributed by atoms with Crippen LogP contribution in [0.5, 0.6) is 0 Å². The average Bonchev–Trinajstić information content (AvgIpc) is 3.46. The van der Waals surface area contributed by atoms with Crippen molar-refractivity contribution in [3.63, 3.8) is 0 Å². The molecule has 36 heavy (non-hydrogen) atoms. The van der Waals surface area contributed by atoms with E-state index in [1.165, 1.54) is 19.5 Å². The summed E-state index contributed by atoms with van der Waals surface area (Å²) >= 11 is 5.88. The minimum atomic E-state index is -3.80. The van der Waals surface area contributed by atoms with Crippen LogP contribution in [0.15, 0.2) is 43.0 Å². The number of ether oxygens (including phenoxy) is 1. The van der Waals surface area contributed by atoms with Gasteiger partial charge in [0.1, 0.15) is 23.4 Å². The number of aromatic nitrogens is 8. The van der Waals surface area contributed by atoms with Crippen molar-refractivity contribution in [2.75, 3.05) is 7.11 Å². The summed E-state index contributed by atoms with van der Waals surface area (Å²) in [5.41, 5.74) is 2.28. The summed E-state index contributed by atoms with van der Waals surface area (Å²) in [5, 5.41) is 12.3. The Bertz CT molecular complexity index is 1450. The number of sulfone groups is 1. The van der Waals surface area contributed by atoms with Crippen LogP contribution >= 0.6 is 11.6 Å². The van der Waals surface area contributed by atoms with E-state index in [-0.39, 0.29) is 23.4 Å². The van der Waals surface area contributed by atoms with Gasteiger partial charge in [0.25, 0.3) is 0 Å². The van der Waals surface area contributed by atoms with E-state index in [1.807, 2.05) is 45.3 Å². The summed E-state index contributed by atoms with van der Waals surface area (Å²) < 4.78 is 36.1. The molecular formula is C23H27ClN8O3S. The monoisotopic (exact) mass is 530 g/mol. The van der Waals surface area contributed by atoms with Gasteiger partial charge in [-0.05, 0) is 32.9 Å². The number of methoxy groups -OCH3 is 1. The highest BCUT2D eigenvalue weighted by Gasteiger charge is 2.35. The first-order chi connectivity index (χ1) is 17.1. The third kappa shape index (κ3) is 5.30. The van der Waals surface area contributed by atoms with E-state index in [2.05, 4.69) is 30.2 Å². The first-order valence-electron chi connectivity index (χ1n) is 11.2. The van der Waals surface area contributed by atoms with Gasteiger partial charge in [-0.3, -0.25) is 4.68 Å². The topological polar surface area (TPSA) is 131 Å². The number of hydrogen-bond donors (Lipinski definition) is 0. The van der Waals surface area contributed by atoms with Crippen molar-refractivity contribution in [3.8, 4) is 11.5 Å². The van der Waals surface area contributed by atoms with Crippen molar-refractivity contribution < 1.29 is 13.2 Å². The maximum Gasteiger partial charge on any atom is 0.183 e. The number of aryl methyl sites for hydroxylation is 2. The Labute approximate surface area is 214 Å². The Hall–Kier alpha value is -3.22. The summed E-state index contributed by atoms with van der Waals surface area (Å²) in [6.07, 6.45) is 5.53. The second-order valence-corrected chi connectivity index (χ2v) is 11.3. The molecule has 0 aliphatic rings. The fourth-order valence-corrected chi connectivity index (χ4v) is 5.48. The van der Waals surface area contributed by atoms with Crippen LogP contribution in [-0.4, -0.2) is 60.3 Å². The van der Waals surface area contributed by atoms with Gasteiger partial charge in [-0.2, -0.15) is 5.10 Å². The lowest BCUT2D eigenvalue weighted by atomic mass is 10.1. The minimum absolute atomic E-state index is 0.229. The van der Waals surface area contributed by atoms with Gasteiger partial charge in [0.15, 0.2) is 21.5 Å². The Morgan fingerprint density at radius 3 is 2.44 bits per heavy atom. The zero-order valence-corrected chi connectivity index (χ0v) is 22.1. The molecule has 0 radical (unpaired) electrons. The Morgan fingerprint density at radius 2 is 1.83 bits per heavy atom. The van der Waals surface area contributed by atoms with Crippen LogP contribution in [0.3, 0.4) is 0 Å². The molecule has 4 rings (SSSR count). The third-order valence-electron chi connectivity index (χ3n) is 5.95. The van der Waals surface area contributed by atoms with Gasteiger partial charge >= 0.3 is 0 Å². The molecule has 4 aromatic rings. The van der Waals surface area contributed by atoms with Crippen molar-refractivity contribution in [3.05, 3.63) is 70.9 Å². The van der Waals surface area contributed by atoms with E-state index in [0.29, 0.717) is 16.5 Å². The first kappa shape index (κ1) is 25.9. The zero-order chi connectivity index (χ0) is 26.0. The normalized spacial score (nSPS) is 14.5. The van der Waals surface area contributed by atoms with Gasteiger partial charge in [-0.25, -0.2) is 23.4 Å². The predicted molar refractivity (Wildman–Crippen MR) is 134 cm³/mol. The number of rotatable bonds is 9. The van der Waals surface area contributed by atoms with Gasteiger partial charge in [0, 0.05) is 44.0 Å². The molecule has 0 bridgehead atoms. The highest BCUT2D eigenvalue weighted by Crippen LogP contribution is 2.30. The molecule has 0 aliphatic carbocycles. The Balaban J connectivity index is 1.74. The second-order valence-electron chi connectivity index (χ2n) is 8.53. The van der Waals surface area contributed by atoms with E-state index in [4.69, 9.17) is 16.3 Å². The first-order valence-corrected chi connectivity index (χ1v) is 13.3. The SMILES string of the molecule is CO[C@H](c1ncc(Cl)cn1)[C@H](C)S(=O)(=O)Cc1nnc(-c2cccc(C)n2)n1[C@@H](C)c1cnn(C)c1. The summed E-state index contributed by atoms with van der Waals surface area (Å²) in [7, 11) is -0.554. The van der Waals surface area contributed by atoms with E-state index in [9.17, 15) is 8.42 Å². The lowest BCUT2D eigenvalue weighted by molar-refractivity contribution is 0.0948. The standard InChI is InChI=1S/C23H27ClN8O3S/c1-14-7-6-8-19(28-14)23-30-29-20(32(23)15(2)17-9-27-31(4)12-17)13-36(33,34)16(3)21(35-5)22-25-10-18(24)11-26-22/h6-12,15-16,21H,13H2,1-5H3/t15-,16-,21-/m0/s1. The molecule has 4 aromatic heterocycles. The molecule has 0 amide bonds. The quantitative estimate of drug-likeness (QED) is 0.320. The maximum atomic E-state index is 13.6. The van der Waals surface area contributed by atoms with Crippen LogP contribution in [0, 0.1) is 6.92 Å². The summed E-state index contributed by atoms with van der Waals surface area (Å²) in [6.45, 7) is 5.39. The van der Waals surface area contributed by atoms with Crippen LogP contribution < -0.4 is 0 Å². The summed E-state index contributed by atoms with van der Waals surface area (Å²) in [6, 6.07) is 5.28. The van der Waals surface area contributed by atoms with Gasteiger partial charge in [-0.1, -0.05) is 17.7 Å². The molecule has 0 spiro atoms. The molecule has 0 saturated heterocycles. The lowest BCUT2D eigenvalue weighted by Crippen LogP contribution is -2.30. The van der Waals surface area contributed by atoms with Crippen LogP contribution in [0.4, 0.5) is 0 Å². The van der Waals surface area contributed by atoms with E-state index >= 15 is 0 Å². The predicted octanol–water partition coefficient (Wildman–Crippen LogP) is 3.13. The van der Waals surface area contributed by atoms with E-state index in [1.54, 1.807) is 22.4 Å². The molecular weight excluding hydrogens is 504 g/mol. The zero-order valence-electron chi connectivity index (χ0n) is 20.6. The number of hydrogen-bond acceptors (Lipinski definition) is 9. The smallest absolute Gasteiger partial charge is 0.183 e. The molecule has 0 aliphatic heterocycles. The summed E-state index contributed by atoms with van der Waals surface area (Å²) in [5.74, 6) is 0.610. The average molecular weight is 531 g/mol. The van der Waals surface area contributed by atoms with Gasteiger partial charge in [0.05, 0.1) is 22.5 Å². The molecule has 0 aromatic carbocycles. The molecule has 0 unspecified atom stereocenters. The second kappa shape index (κ2) is 10.4. The van der Waals surface area contributed by atoms with Crippen LogP contribution in [-0.2, 0) is 27.4 Å². The molecule has 0 N–H and O–H groups in total. The maximum absolute atomic E-state index is 13.6. The molecule has 11 nitrogen and oxygen atoms in total. The molecule has 190 valence electrons. The fraction of sp³-hybridized carbons (Fsp3) is 0.391. The molecule has 4 heterocycles. The van der Waals surface area contributed by atoms with E-state index in [0.717, 1.165) is 11.3 Å². The van der Waals surface area contributed by atoms with Crippen LogP contribution in [0.25, 0.3) is 11.5 Å². The van der Waals surface area contributed by atoms with Gasteiger partial charge in [-0.15, -0.1) is 10.2 Å². The molecule has 3 atom stereocenters. The largest absolute Gasteiger partial charge is 0.372 e. The highest BCUT2D eigenvalue weighted by atomic mass is 35.5. The highest BCUT2D eigenvalue weighted by molar-refractivity contribution is 7.91. The minimum Gasteiger partial charge on any atom is -0.372 e. The van der Waals surface area contributed by atoms with Crippen molar-refractivity contribution in [1.82, 2.24) is 39.5 Å². The summed E-state index contributed by atoms with van der Waals surface area (Å²) in [4.78, 5) is 12.9.